The molecule has 0 aliphatic carbocycles. The first-order valence-corrected chi connectivity index (χ1v) is 6.72. The Morgan fingerprint density at radius 2 is 1.94 bits per heavy atom. The smallest absolute Gasteiger partial charge is 0.0572 e. The molecule has 2 saturated heterocycles. The summed E-state index contributed by atoms with van der Waals surface area (Å²) in [5.41, 5.74) is 6.24. The van der Waals surface area contributed by atoms with Crippen LogP contribution >= 0.6 is 0 Å². The molecule has 1 unspecified atom stereocenters. The van der Waals surface area contributed by atoms with Crippen LogP contribution in [0.25, 0.3) is 0 Å². The summed E-state index contributed by atoms with van der Waals surface area (Å²) < 4.78 is 5.46. The fourth-order valence-corrected chi connectivity index (χ4v) is 3.59. The van der Waals surface area contributed by atoms with Gasteiger partial charge in [-0.1, -0.05) is 0 Å². The van der Waals surface area contributed by atoms with E-state index >= 15 is 0 Å². The average Bonchev–Trinajstić information content (AvgIpc) is 2.24. The van der Waals surface area contributed by atoms with Crippen molar-refractivity contribution in [1.82, 2.24) is 9.80 Å². The van der Waals surface area contributed by atoms with Gasteiger partial charge in [0.2, 0.25) is 0 Å². The summed E-state index contributed by atoms with van der Waals surface area (Å²) in [6.07, 6.45) is 2.59. The third kappa shape index (κ3) is 2.50. The summed E-state index contributed by atoms with van der Waals surface area (Å²) in [4.78, 5) is 4.81. The lowest BCUT2D eigenvalue weighted by molar-refractivity contribution is -0.158. The Morgan fingerprint density at radius 3 is 2.29 bits per heavy atom. The van der Waals surface area contributed by atoms with Crippen molar-refractivity contribution in [3.8, 4) is 0 Å². The zero-order chi connectivity index (χ0) is 12.5. The molecule has 0 saturated carbocycles. The van der Waals surface area contributed by atoms with E-state index < -0.39 is 0 Å². The third-order valence-corrected chi connectivity index (χ3v) is 4.58. The minimum absolute atomic E-state index is 0.212. The molecule has 0 spiro atoms. The molecule has 0 aromatic rings. The Labute approximate surface area is 105 Å². The van der Waals surface area contributed by atoms with E-state index in [2.05, 4.69) is 30.9 Å². The van der Waals surface area contributed by atoms with Crippen molar-refractivity contribution in [3.05, 3.63) is 0 Å². The molecule has 2 rings (SSSR count). The highest BCUT2D eigenvalue weighted by Gasteiger charge is 2.48. The molecule has 0 bridgehead atoms. The summed E-state index contributed by atoms with van der Waals surface area (Å²) in [6.45, 7) is 4.88. The van der Waals surface area contributed by atoms with Gasteiger partial charge >= 0.3 is 0 Å². The largest absolute Gasteiger partial charge is 0.380 e. The summed E-state index contributed by atoms with van der Waals surface area (Å²) in [5.74, 6) is 0.772. The minimum Gasteiger partial charge on any atom is -0.380 e. The molecule has 17 heavy (non-hydrogen) atoms. The van der Waals surface area contributed by atoms with E-state index in [1.54, 1.807) is 0 Å². The Hall–Kier alpha value is -0.160. The van der Waals surface area contributed by atoms with E-state index in [1.165, 1.54) is 25.9 Å². The predicted octanol–water partition coefficient (Wildman–Crippen LogP) is 0.234. The minimum atomic E-state index is 0.212. The molecule has 2 fully saturated rings. The molecule has 2 aliphatic heterocycles. The van der Waals surface area contributed by atoms with Gasteiger partial charge in [-0.2, -0.15) is 0 Å². The monoisotopic (exact) mass is 241 g/mol. The van der Waals surface area contributed by atoms with Crippen LogP contribution < -0.4 is 5.73 Å². The van der Waals surface area contributed by atoms with Crippen molar-refractivity contribution in [1.29, 1.82) is 0 Å². The number of nitrogens with two attached hydrogens (primary N) is 1. The molecular formula is C13H27N3O. The summed E-state index contributed by atoms with van der Waals surface area (Å²) in [7, 11) is 6.60. The zero-order valence-electron chi connectivity index (χ0n) is 11.5. The standard InChI is InChI=1S/C13H27N3O/c1-15(2)12(13(8-14)9-17-10-13)11-4-6-16(3)7-5-11/h11-12H,4-10,14H2,1-3H3. The maximum atomic E-state index is 6.02. The van der Waals surface area contributed by atoms with Gasteiger partial charge in [0.15, 0.2) is 0 Å². The van der Waals surface area contributed by atoms with E-state index in [9.17, 15) is 0 Å². The van der Waals surface area contributed by atoms with Gasteiger partial charge < -0.3 is 20.3 Å². The number of hydrogen-bond donors (Lipinski definition) is 1. The molecule has 2 heterocycles. The second-order valence-corrected chi connectivity index (χ2v) is 6.11. The summed E-state index contributed by atoms with van der Waals surface area (Å²) >= 11 is 0. The second kappa shape index (κ2) is 5.22. The van der Waals surface area contributed by atoms with Gasteiger partial charge in [-0.05, 0) is 53.0 Å². The summed E-state index contributed by atoms with van der Waals surface area (Å²) in [6, 6.07) is 0.579. The fourth-order valence-electron chi connectivity index (χ4n) is 3.59. The van der Waals surface area contributed by atoms with E-state index in [0.717, 1.165) is 25.7 Å². The Morgan fingerprint density at radius 1 is 1.35 bits per heavy atom. The van der Waals surface area contributed by atoms with Crippen LogP contribution in [0.2, 0.25) is 0 Å². The fraction of sp³-hybridized carbons (Fsp3) is 1.00. The van der Waals surface area contributed by atoms with Crippen LogP contribution in [0.1, 0.15) is 12.8 Å². The Kier molecular flexibility index (Phi) is 4.08. The number of piperidine rings is 1. The van der Waals surface area contributed by atoms with Gasteiger partial charge in [0.1, 0.15) is 0 Å². The molecule has 0 amide bonds. The van der Waals surface area contributed by atoms with E-state index in [-0.39, 0.29) is 5.41 Å². The van der Waals surface area contributed by atoms with E-state index in [0.29, 0.717) is 6.04 Å². The van der Waals surface area contributed by atoms with E-state index in [1.807, 2.05) is 0 Å². The Balaban J connectivity index is 2.06. The van der Waals surface area contributed by atoms with Crippen molar-refractivity contribution in [2.45, 2.75) is 18.9 Å². The van der Waals surface area contributed by atoms with Crippen molar-refractivity contribution < 1.29 is 4.74 Å². The molecule has 0 aromatic heterocycles. The molecule has 100 valence electrons. The highest BCUT2D eigenvalue weighted by molar-refractivity contribution is 5.00. The third-order valence-electron chi connectivity index (χ3n) is 4.58. The van der Waals surface area contributed by atoms with Crippen LogP contribution in [0, 0.1) is 11.3 Å². The number of nitrogens with zero attached hydrogens (tertiary/aromatic N) is 2. The summed E-state index contributed by atoms with van der Waals surface area (Å²) in [5, 5.41) is 0. The molecule has 4 nitrogen and oxygen atoms in total. The second-order valence-electron chi connectivity index (χ2n) is 6.11. The van der Waals surface area contributed by atoms with Gasteiger partial charge in [0.25, 0.3) is 0 Å². The molecule has 2 aliphatic rings. The molecule has 4 heteroatoms. The van der Waals surface area contributed by atoms with Crippen molar-refractivity contribution >= 4 is 0 Å². The van der Waals surface area contributed by atoms with Crippen LogP contribution in [0.15, 0.2) is 0 Å². The molecular weight excluding hydrogens is 214 g/mol. The maximum Gasteiger partial charge on any atom is 0.0572 e. The van der Waals surface area contributed by atoms with Crippen molar-refractivity contribution in [3.63, 3.8) is 0 Å². The Bertz CT molecular complexity index is 240. The van der Waals surface area contributed by atoms with Gasteiger partial charge in [-0.15, -0.1) is 0 Å². The first-order chi connectivity index (χ1) is 8.09. The van der Waals surface area contributed by atoms with Crippen LogP contribution in [0.5, 0.6) is 0 Å². The number of rotatable bonds is 4. The van der Waals surface area contributed by atoms with Crippen molar-refractivity contribution in [2.75, 3.05) is 54.0 Å². The van der Waals surface area contributed by atoms with Crippen molar-refractivity contribution in [2.24, 2.45) is 17.1 Å². The first-order valence-electron chi connectivity index (χ1n) is 6.72. The van der Waals surface area contributed by atoms with Crippen LogP contribution in [0.3, 0.4) is 0 Å². The van der Waals surface area contributed by atoms with Crippen LogP contribution in [0.4, 0.5) is 0 Å². The van der Waals surface area contributed by atoms with Gasteiger partial charge in [0, 0.05) is 18.0 Å². The lowest BCUT2D eigenvalue weighted by Gasteiger charge is -2.53. The van der Waals surface area contributed by atoms with Crippen LogP contribution in [-0.4, -0.2) is 69.8 Å². The molecule has 1 atom stereocenters. The van der Waals surface area contributed by atoms with Gasteiger partial charge in [0.05, 0.1) is 13.2 Å². The van der Waals surface area contributed by atoms with E-state index in [4.69, 9.17) is 10.5 Å². The average molecular weight is 241 g/mol. The number of hydrogen-bond acceptors (Lipinski definition) is 4. The van der Waals surface area contributed by atoms with Gasteiger partial charge in [-0.3, -0.25) is 0 Å². The lowest BCUT2D eigenvalue weighted by Crippen LogP contribution is -2.63. The maximum absolute atomic E-state index is 6.02. The SMILES string of the molecule is CN1CCC(C(N(C)C)C2(CN)COC2)CC1. The normalized spacial score (nSPS) is 28.1. The topological polar surface area (TPSA) is 41.7 Å². The number of likely N-dealkylation sites (tertiary alicyclic amines) is 1. The quantitative estimate of drug-likeness (QED) is 0.765. The molecule has 2 N–H and O–H groups in total. The molecule has 0 aromatic carbocycles. The highest BCUT2D eigenvalue weighted by Crippen LogP contribution is 2.39. The zero-order valence-corrected chi connectivity index (χ0v) is 11.5. The molecule has 0 radical (unpaired) electrons. The lowest BCUT2D eigenvalue weighted by atomic mass is 9.69. The number of ether oxygens (including phenoxy) is 1. The van der Waals surface area contributed by atoms with Gasteiger partial charge in [-0.25, -0.2) is 0 Å². The highest BCUT2D eigenvalue weighted by atomic mass is 16.5. The first kappa shape index (κ1) is 13.3. The van der Waals surface area contributed by atoms with Crippen LogP contribution in [-0.2, 0) is 4.74 Å². The predicted molar refractivity (Wildman–Crippen MR) is 70.0 cm³/mol.